The molecule has 1 atom stereocenters. The van der Waals surface area contributed by atoms with Crippen molar-refractivity contribution in [3.05, 3.63) is 59.7 Å². The van der Waals surface area contributed by atoms with Gasteiger partial charge in [-0.05, 0) is 24.6 Å². The van der Waals surface area contributed by atoms with Gasteiger partial charge >= 0.3 is 0 Å². The Morgan fingerprint density at radius 1 is 1.35 bits per heavy atom. The Balaban J connectivity index is 1.87. The summed E-state index contributed by atoms with van der Waals surface area (Å²) in [4.78, 5) is 20.5. The third-order valence-corrected chi connectivity index (χ3v) is 4.74. The summed E-state index contributed by atoms with van der Waals surface area (Å²) in [6.45, 7) is 2.11. The molecule has 0 bridgehead atoms. The average Bonchev–Trinajstić information content (AvgIpc) is 3.04. The minimum absolute atomic E-state index is 0.0743. The van der Waals surface area contributed by atoms with E-state index in [1.807, 2.05) is 18.2 Å². The van der Waals surface area contributed by atoms with E-state index in [0.717, 1.165) is 22.8 Å². The third kappa shape index (κ3) is 3.42. The normalized spacial score (nSPS) is 17.0. The van der Waals surface area contributed by atoms with Gasteiger partial charge in [0, 0.05) is 17.5 Å². The minimum atomic E-state index is -0.777. The molecule has 0 saturated heterocycles. The van der Waals surface area contributed by atoms with E-state index in [4.69, 9.17) is 0 Å². The number of aliphatic imine (C=N–C) groups is 1. The molecule has 1 N–H and O–H groups in total. The van der Waals surface area contributed by atoms with Gasteiger partial charge in [-0.15, -0.1) is 11.8 Å². The Bertz CT molecular complexity index is 763. The van der Waals surface area contributed by atoms with Crippen LogP contribution in [0.25, 0.3) is 0 Å². The number of amides is 1. The highest BCUT2D eigenvalue weighted by atomic mass is 32.2. The molecule has 2 heterocycles. The van der Waals surface area contributed by atoms with Crippen molar-refractivity contribution in [2.45, 2.75) is 19.4 Å². The molecule has 1 aliphatic rings. The van der Waals surface area contributed by atoms with Crippen molar-refractivity contribution in [2.75, 3.05) is 11.1 Å². The first kappa shape index (κ1) is 15.7. The van der Waals surface area contributed by atoms with E-state index < -0.39 is 11.9 Å². The molecule has 3 rings (SSSR count). The van der Waals surface area contributed by atoms with Crippen LogP contribution in [-0.2, 0) is 0 Å². The first-order valence-corrected chi connectivity index (χ1v) is 8.39. The van der Waals surface area contributed by atoms with Gasteiger partial charge in [0.15, 0.2) is 0 Å². The summed E-state index contributed by atoms with van der Waals surface area (Å²) in [6, 6.07) is 10.7. The van der Waals surface area contributed by atoms with Gasteiger partial charge in [0.25, 0.3) is 5.91 Å². The highest BCUT2D eigenvalue weighted by molar-refractivity contribution is 8.14. The fourth-order valence-electron chi connectivity index (χ4n) is 2.30. The van der Waals surface area contributed by atoms with E-state index in [-0.39, 0.29) is 5.56 Å². The molecule has 4 nitrogen and oxygen atoms in total. The number of hydrogen-bond donors (Lipinski definition) is 1. The molecule has 1 aromatic carbocycles. The molecule has 0 spiro atoms. The van der Waals surface area contributed by atoms with E-state index >= 15 is 0 Å². The van der Waals surface area contributed by atoms with E-state index in [1.165, 1.54) is 18.3 Å². The number of anilines is 1. The van der Waals surface area contributed by atoms with Crippen LogP contribution in [0.2, 0.25) is 0 Å². The zero-order chi connectivity index (χ0) is 16.2. The van der Waals surface area contributed by atoms with Crippen LogP contribution in [0.3, 0.4) is 0 Å². The lowest BCUT2D eigenvalue weighted by Gasteiger charge is -2.10. The lowest BCUT2D eigenvalue weighted by atomic mass is 10.1. The van der Waals surface area contributed by atoms with Gasteiger partial charge in [-0.25, -0.2) is 4.98 Å². The number of hydrogen-bond acceptors (Lipinski definition) is 4. The number of carbonyl (C=O) groups is 1. The van der Waals surface area contributed by atoms with Gasteiger partial charge < -0.3 is 5.32 Å². The number of pyridine rings is 1. The van der Waals surface area contributed by atoms with Crippen LogP contribution in [-0.4, -0.2) is 27.7 Å². The predicted octanol–water partition coefficient (Wildman–Crippen LogP) is 3.75. The Hall–Kier alpha value is -2.21. The Morgan fingerprint density at radius 2 is 2.17 bits per heavy atom. The molecule has 0 fully saturated rings. The molecule has 118 valence electrons. The monoisotopic (exact) mass is 329 g/mol. The van der Waals surface area contributed by atoms with Crippen LogP contribution in [0.4, 0.5) is 10.1 Å². The standard InChI is InChI=1S/C17H16FN3OS/c1-2-11-10-23-17(20-11)12-6-3-4-8-14(12)21-16(22)13-7-5-9-19-15(13)18/h3-9,11H,2,10H2,1H3,(H,21,22). The highest BCUT2D eigenvalue weighted by Crippen LogP contribution is 2.29. The molecular formula is C17H16FN3OS. The zero-order valence-electron chi connectivity index (χ0n) is 12.6. The summed E-state index contributed by atoms with van der Waals surface area (Å²) in [5.41, 5.74) is 1.42. The third-order valence-electron chi connectivity index (χ3n) is 3.59. The van der Waals surface area contributed by atoms with Crippen molar-refractivity contribution < 1.29 is 9.18 Å². The molecule has 0 saturated carbocycles. The molecule has 1 amide bonds. The number of halogens is 1. The van der Waals surface area contributed by atoms with Gasteiger partial charge in [0.2, 0.25) is 5.95 Å². The second kappa shape index (κ2) is 6.91. The van der Waals surface area contributed by atoms with Crippen LogP contribution >= 0.6 is 11.8 Å². The fourth-order valence-corrected chi connectivity index (χ4v) is 3.51. The average molecular weight is 329 g/mol. The van der Waals surface area contributed by atoms with Gasteiger partial charge in [-0.1, -0.05) is 25.1 Å². The summed E-state index contributed by atoms with van der Waals surface area (Å²) in [5.74, 6) is -0.342. The SMILES string of the molecule is CCC1CSC(c2ccccc2NC(=O)c2cccnc2F)=N1. The van der Waals surface area contributed by atoms with Gasteiger partial charge in [0.1, 0.15) is 5.04 Å². The Labute approximate surface area is 138 Å². The maximum atomic E-state index is 13.6. The molecule has 1 aliphatic heterocycles. The van der Waals surface area contributed by atoms with Crippen molar-refractivity contribution in [3.63, 3.8) is 0 Å². The van der Waals surface area contributed by atoms with Crippen molar-refractivity contribution in [1.29, 1.82) is 0 Å². The molecule has 1 aromatic heterocycles. The molecule has 2 aromatic rings. The number of nitrogens with zero attached hydrogens (tertiary/aromatic N) is 2. The van der Waals surface area contributed by atoms with Crippen molar-refractivity contribution in [2.24, 2.45) is 4.99 Å². The molecule has 6 heteroatoms. The largest absolute Gasteiger partial charge is 0.321 e. The van der Waals surface area contributed by atoms with E-state index in [1.54, 1.807) is 17.8 Å². The van der Waals surface area contributed by atoms with Crippen LogP contribution in [0.1, 0.15) is 29.3 Å². The molecular weight excluding hydrogens is 313 g/mol. The van der Waals surface area contributed by atoms with Gasteiger partial charge in [-0.2, -0.15) is 4.39 Å². The number of para-hydroxylation sites is 1. The maximum Gasteiger partial charge on any atom is 0.260 e. The summed E-state index contributed by atoms with van der Waals surface area (Å²) < 4.78 is 13.6. The number of nitrogens with one attached hydrogen (secondary N) is 1. The fraction of sp³-hybridized carbons (Fsp3) is 0.235. The Kier molecular flexibility index (Phi) is 4.71. The minimum Gasteiger partial charge on any atom is -0.321 e. The van der Waals surface area contributed by atoms with Crippen LogP contribution in [0.15, 0.2) is 47.6 Å². The van der Waals surface area contributed by atoms with E-state index in [9.17, 15) is 9.18 Å². The van der Waals surface area contributed by atoms with Crippen LogP contribution in [0, 0.1) is 5.95 Å². The molecule has 0 radical (unpaired) electrons. The number of rotatable bonds is 4. The summed E-state index contributed by atoms with van der Waals surface area (Å²) >= 11 is 1.68. The first-order chi connectivity index (χ1) is 11.2. The summed E-state index contributed by atoms with van der Waals surface area (Å²) in [5, 5.41) is 3.68. The number of thioether (sulfide) groups is 1. The Morgan fingerprint density at radius 3 is 2.91 bits per heavy atom. The molecule has 1 unspecified atom stereocenters. The topological polar surface area (TPSA) is 54.4 Å². The molecule has 23 heavy (non-hydrogen) atoms. The predicted molar refractivity (Wildman–Crippen MR) is 91.7 cm³/mol. The van der Waals surface area contributed by atoms with Gasteiger partial charge in [-0.3, -0.25) is 9.79 Å². The lowest BCUT2D eigenvalue weighted by molar-refractivity contribution is 0.102. The summed E-state index contributed by atoms with van der Waals surface area (Å²) in [7, 11) is 0. The number of aromatic nitrogens is 1. The summed E-state index contributed by atoms with van der Waals surface area (Å²) in [6.07, 6.45) is 2.31. The van der Waals surface area contributed by atoms with Crippen molar-refractivity contribution >= 4 is 28.4 Å². The number of carbonyl (C=O) groups excluding carboxylic acids is 1. The zero-order valence-corrected chi connectivity index (χ0v) is 13.4. The second-order valence-corrected chi connectivity index (χ2v) is 6.16. The lowest BCUT2D eigenvalue weighted by Crippen LogP contribution is -2.16. The highest BCUT2D eigenvalue weighted by Gasteiger charge is 2.21. The van der Waals surface area contributed by atoms with Crippen molar-refractivity contribution in [3.8, 4) is 0 Å². The second-order valence-electron chi connectivity index (χ2n) is 5.15. The molecule has 0 aliphatic carbocycles. The van der Waals surface area contributed by atoms with Gasteiger partial charge in [0.05, 0.1) is 17.3 Å². The smallest absolute Gasteiger partial charge is 0.260 e. The van der Waals surface area contributed by atoms with E-state index in [2.05, 4.69) is 22.2 Å². The first-order valence-electron chi connectivity index (χ1n) is 7.41. The quantitative estimate of drug-likeness (QED) is 0.869. The van der Waals surface area contributed by atoms with Crippen LogP contribution in [0.5, 0.6) is 0 Å². The maximum absolute atomic E-state index is 13.6. The van der Waals surface area contributed by atoms with Crippen molar-refractivity contribution in [1.82, 2.24) is 4.98 Å². The van der Waals surface area contributed by atoms with Crippen LogP contribution < -0.4 is 5.32 Å². The number of benzene rings is 1. The van der Waals surface area contributed by atoms with E-state index in [0.29, 0.717) is 11.7 Å².